The van der Waals surface area contributed by atoms with Gasteiger partial charge in [-0.3, -0.25) is 14.4 Å². The molecule has 0 saturated heterocycles. The van der Waals surface area contributed by atoms with Crippen molar-refractivity contribution in [2.45, 2.75) is 64.3 Å². The molecular weight excluding hydrogens is 388 g/mol. The van der Waals surface area contributed by atoms with E-state index in [1.165, 1.54) is 6.92 Å². The molecule has 4 aliphatic rings. The first-order valence-electron chi connectivity index (χ1n) is 10.6. The van der Waals surface area contributed by atoms with E-state index in [1.807, 2.05) is 13.0 Å². The van der Waals surface area contributed by atoms with Gasteiger partial charge < -0.3 is 20.1 Å². The molecule has 3 saturated carbocycles. The predicted molar refractivity (Wildman–Crippen MR) is 106 cm³/mol. The number of fused-ring (bicyclic) bond motifs is 5. The number of aliphatic hydroxyl groups is 3. The van der Waals surface area contributed by atoms with Gasteiger partial charge in [0.1, 0.15) is 6.61 Å². The molecule has 0 aromatic heterocycles. The number of allylic oxidation sites excluding steroid dienone is 4. The van der Waals surface area contributed by atoms with Crippen LogP contribution >= 0.6 is 0 Å². The molecule has 0 unspecified atom stereocenters. The Bertz CT molecular complexity index is 860. The molecule has 0 heterocycles. The van der Waals surface area contributed by atoms with E-state index in [2.05, 4.69) is 0 Å². The van der Waals surface area contributed by atoms with Crippen LogP contribution in [0.15, 0.2) is 23.8 Å². The van der Waals surface area contributed by atoms with Crippen LogP contribution in [0.2, 0.25) is 0 Å². The molecule has 7 nitrogen and oxygen atoms in total. The smallest absolute Gasteiger partial charge is 0.302 e. The Balaban J connectivity index is 1.70. The molecule has 4 aliphatic carbocycles. The molecular formula is C23H30O7. The zero-order chi connectivity index (χ0) is 22.1. The summed E-state index contributed by atoms with van der Waals surface area (Å²) in [5, 5.41) is 33.0. The number of carbonyl (C=O) groups excluding carboxylic acids is 3. The van der Waals surface area contributed by atoms with Crippen LogP contribution in [0.4, 0.5) is 0 Å². The number of carbonyl (C=O) groups is 3. The molecule has 3 N–H and O–H groups in total. The Kier molecular flexibility index (Phi) is 4.88. The summed E-state index contributed by atoms with van der Waals surface area (Å²) in [6.45, 7) is 4.36. The first-order chi connectivity index (χ1) is 13.9. The molecule has 0 aromatic carbocycles. The highest BCUT2D eigenvalue weighted by atomic mass is 16.5. The standard InChI is InChI=1S/C23H30O7/c1-12(24)30-11-23(29)18(27)9-16-15-5-4-13-8-14(25)6-7-21(13,2)19(15)17(26)10-22(16,3)20(23)28/h6-8,15-19,26-27,29H,4-5,9-11H2,1-3H3/t15-,16-,17-,18+,19+,21-,22-,23+/m0/s1. The van der Waals surface area contributed by atoms with E-state index in [1.54, 1.807) is 19.1 Å². The van der Waals surface area contributed by atoms with Gasteiger partial charge in [0.05, 0.1) is 12.2 Å². The van der Waals surface area contributed by atoms with Crippen LogP contribution < -0.4 is 0 Å². The van der Waals surface area contributed by atoms with Gasteiger partial charge in [0, 0.05) is 23.7 Å². The summed E-state index contributed by atoms with van der Waals surface area (Å²) in [5.74, 6) is -1.71. The third kappa shape index (κ3) is 2.86. The average molecular weight is 418 g/mol. The number of aliphatic hydroxyl groups excluding tert-OH is 2. The van der Waals surface area contributed by atoms with E-state index in [0.29, 0.717) is 12.8 Å². The first-order valence-corrected chi connectivity index (χ1v) is 10.6. The molecule has 0 radical (unpaired) electrons. The Morgan fingerprint density at radius 2 is 1.97 bits per heavy atom. The van der Waals surface area contributed by atoms with Crippen LogP contribution in [-0.2, 0) is 19.1 Å². The highest BCUT2D eigenvalue weighted by Gasteiger charge is 2.67. The van der Waals surface area contributed by atoms with Crippen LogP contribution in [0.25, 0.3) is 0 Å². The minimum atomic E-state index is -2.18. The number of rotatable bonds is 2. The second-order valence-electron chi connectivity index (χ2n) is 10.00. The Morgan fingerprint density at radius 1 is 1.27 bits per heavy atom. The van der Waals surface area contributed by atoms with Crippen LogP contribution in [0.3, 0.4) is 0 Å². The van der Waals surface area contributed by atoms with Crippen molar-refractivity contribution in [1.82, 2.24) is 0 Å². The van der Waals surface area contributed by atoms with E-state index < -0.39 is 47.0 Å². The lowest BCUT2D eigenvalue weighted by Gasteiger charge is -2.62. The molecule has 0 aromatic rings. The predicted octanol–water partition coefficient (Wildman–Crippen LogP) is 1.10. The molecule has 0 spiro atoms. The minimum Gasteiger partial charge on any atom is -0.462 e. The zero-order valence-electron chi connectivity index (χ0n) is 17.6. The maximum Gasteiger partial charge on any atom is 0.302 e. The quantitative estimate of drug-likeness (QED) is 0.574. The van der Waals surface area contributed by atoms with Gasteiger partial charge in [0.2, 0.25) is 0 Å². The van der Waals surface area contributed by atoms with Crippen molar-refractivity contribution in [2.75, 3.05) is 6.61 Å². The summed E-state index contributed by atoms with van der Waals surface area (Å²) in [6, 6.07) is 0. The Morgan fingerprint density at radius 3 is 2.63 bits per heavy atom. The van der Waals surface area contributed by atoms with Crippen molar-refractivity contribution in [3.63, 3.8) is 0 Å². The van der Waals surface area contributed by atoms with Gasteiger partial charge in [0.25, 0.3) is 0 Å². The maximum absolute atomic E-state index is 13.5. The zero-order valence-corrected chi connectivity index (χ0v) is 17.6. The fraction of sp³-hybridized carbons (Fsp3) is 0.696. The van der Waals surface area contributed by atoms with Crippen LogP contribution in [0.5, 0.6) is 0 Å². The molecule has 4 rings (SSSR count). The van der Waals surface area contributed by atoms with Gasteiger partial charge in [-0.25, -0.2) is 0 Å². The summed E-state index contributed by atoms with van der Waals surface area (Å²) in [5.41, 5.74) is -2.69. The second-order valence-corrected chi connectivity index (χ2v) is 10.00. The van der Waals surface area contributed by atoms with Crippen LogP contribution in [0.1, 0.15) is 46.5 Å². The molecule has 30 heavy (non-hydrogen) atoms. The van der Waals surface area contributed by atoms with E-state index >= 15 is 0 Å². The van der Waals surface area contributed by atoms with Crippen LogP contribution in [0, 0.1) is 28.6 Å². The van der Waals surface area contributed by atoms with Crippen molar-refractivity contribution in [1.29, 1.82) is 0 Å². The van der Waals surface area contributed by atoms with E-state index in [9.17, 15) is 29.7 Å². The highest BCUT2D eigenvalue weighted by Crippen LogP contribution is 2.63. The van der Waals surface area contributed by atoms with Crippen molar-refractivity contribution in [3.05, 3.63) is 23.8 Å². The fourth-order valence-corrected chi connectivity index (χ4v) is 6.82. The Labute approximate surface area is 175 Å². The lowest BCUT2D eigenvalue weighted by Crippen LogP contribution is -2.69. The first kappa shape index (κ1) is 21.4. The van der Waals surface area contributed by atoms with E-state index in [-0.39, 0.29) is 36.4 Å². The number of hydrogen-bond acceptors (Lipinski definition) is 7. The molecule has 3 fully saturated rings. The van der Waals surface area contributed by atoms with Gasteiger partial charge in [-0.05, 0) is 49.7 Å². The van der Waals surface area contributed by atoms with Gasteiger partial charge in [-0.15, -0.1) is 0 Å². The van der Waals surface area contributed by atoms with Crippen molar-refractivity contribution >= 4 is 17.5 Å². The third-order valence-corrected chi connectivity index (χ3v) is 8.32. The van der Waals surface area contributed by atoms with Crippen molar-refractivity contribution in [2.24, 2.45) is 28.6 Å². The van der Waals surface area contributed by atoms with Crippen molar-refractivity contribution in [3.8, 4) is 0 Å². The van der Waals surface area contributed by atoms with Gasteiger partial charge in [-0.2, -0.15) is 0 Å². The summed E-state index contributed by atoms with van der Waals surface area (Å²) < 4.78 is 4.90. The topological polar surface area (TPSA) is 121 Å². The molecule has 0 aliphatic heterocycles. The fourth-order valence-electron chi connectivity index (χ4n) is 6.82. The number of hydrogen-bond donors (Lipinski definition) is 3. The summed E-state index contributed by atoms with van der Waals surface area (Å²) in [6.07, 6.45) is 4.66. The minimum absolute atomic E-state index is 0.0457. The second kappa shape index (κ2) is 6.84. The summed E-state index contributed by atoms with van der Waals surface area (Å²) in [4.78, 5) is 36.6. The van der Waals surface area contributed by atoms with E-state index in [0.717, 1.165) is 5.57 Å². The number of ether oxygens (including phenoxy) is 1. The normalized spacial score (nSPS) is 47.7. The lowest BCUT2D eigenvalue weighted by molar-refractivity contribution is -0.212. The third-order valence-electron chi connectivity index (χ3n) is 8.32. The van der Waals surface area contributed by atoms with Crippen molar-refractivity contribution < 1.29 is 34.4 Å². The Hall–Kier alpha value is -1.83. The average Bonchev–Trinajstić information content (AvgIpc) is 2.67. The molecule has 7 heteroatoms. The number of ketones is 2. The molecule has 0 amide bonds. The summed E-state index contributed by atoms with van der Waals surface area (Å²) >= 11 is 0. The lowest BCUT2D eigenvalue weighted by atomic mass is 9.43. The van der Waals surface area contributed by atoms with Gasteiger partial charge in [-0.1, -0.05) is 25.5 Å². The molecule has 164 valence electrons. The van der Waals surface area contributed by atoms with Gasteiger partial charge >= 0.3 is 5.97 Å². The SMILES string of the molecule is CC(=O)OC[C@]1(O)C(=O)[C@@]2(C)C[C@H](O)[C@H]3[C@@H](CCC4=CC(=O)C=C[C@@]43C)[C@@H]2C[C@H]1O. The highest BCUT2D eigenvalue weighted by molar-refractivity contribution is 6.01. The molecule has 8 atom stereocenters. The monoisotopic (exact) mass is 418 g/mol. The number of Topliss-reactive ketones (excluding diaryl/α,β-unsaturated/α-hetero) is 1. The van der Waals surface area contributed by atoms with Crippen LogP contribution in [-0.4, -0.2) is 57.3 Å². The maximum atomic E-state index is 13.5. The largest absolute Gasteiger partial charge is 0.462 e. The molecule has 0 bridgehead atoms. The van der Waals surface area contributed by atoms with E-state index in [4.69, 9.17) is 4.74 Å². The number of esters is 1. The van der Waals surface area contributed by atoms with Gasteiger partial charge in [0.15, 0.2) is 17.2 Å². The summed E-state index contributed by atoms with van der Waals surface area (Å²) in [7, 11) is 0.